The van der Waals surface area contributed by atoms with Crippen molar-refractivity contribution in [3.8, 4) is 0 Å². The summed E-state index contributed by atoms with van der Waals surface area (Å²) in [5.74, 6) is 0.253. The summed E-state index contributed by atoms with van der Waals surface area (Å²) < 4.78 is 0. The lowest BCUT2D eigenvalue weighted by molar-refractivity contribution is -0.384. The van der Waals surface area contributed by atoms with Gasteiger partial charge in [-0.15, -0.1) is 0 Å². The van der Waals surface area contributed by atoms with E-state index in [9.17, 15) is 19.7 Å². The molecule has 2 aromatic carbocycles. The molecule has 2 N–H and O–H groups in total. The second-order valence-corrected chi connectivity index (χ2v) is 7.16. The van der Waals surface area contributed by atoms with Gasteiger partial charge in [0, 0.05) is 30.5 Å². The Labute approximate surface area is 170 Å². The smallest absolute Gasteiger partial charge is 0.269 e. The number of nitrogens with zero attached hydrogens (tertiary/aromatic N) is 2. The number of aromatic nitrogens is 2. The van der Waals surface area contributed by atoms with Crippen molar-refractivity contribution < 1.29 is 9.72 Å². The number of carbonyl (C=O) groups is 1. The number of benzene rings is 2. The molecule has 3 rings (SSSR count). The van der Waals surface area contributed by atoms with Gasteiger partial charge in [0.1, 0.15) is 0 Å². The van der Waals surface area contributed by atoms with Crippen molar-refractivity contribution in [1.29, 1.82) is 0 Å². The lowest BCUT2D eigenvalue weighted by Gasteiger charge is -2.06. The maximum atomic E-state index is 12.1. The molecule has 0 atom stereocenters. The minimum Gasteiger partial charge on any atom is -0.352 e. The van der Waals surface area contributed by atoms with Crippen LogP contribution < -0.4 is 10.9 Å². The number of aromatic amines is 1. The van der Waals surface area contributed by atoms with Crippen molar-refractivity contribution in [3.63, 3.8) is 0 Å². The number of thioether (sulfide) groups is 1. The van der Waals surface area contributed by atoms with E-state index in [0.717, 1.165) is 11.1 Å². The second kappa shape index (κ2) is 9.65. The third kappa shape index (κ3) is 6.28. The van der Waals surface area contributed by atoms with E-state index in [1.807, 2.05) is 30.3 Å². The lowest BCUT2D eigenvalue weighted by atomic mass is 10.2. The Kier molecular flexibility index (Phi) is 6.75. The topological polar surface area (TPSA) is 118 Å². The number of nitro groups is 1. The van der Waals surface area contributed by atoms with Crippen molar-refractivity contribution in [1.82, 2.24) is 15.3 Å². The number of non-ortho nitro benzene ring substituents is 1. The summed E-state index contributed by atoms with van der Waals surface area (Å²) in [7, 11) is 0. The third-order valence-corrected chi connectivity index (χ3v) is 4.91. The van der Waals surface area contributed by atoms with Crippen LogP contribution in [0.4, 0.5) is 5.69 Å². The lowest BCUT2D eigenvalue weighted by Crippen LogP contribution is -2.25. The highest BCUT2D eigenvalue weighted by Gasteiger charge is 2.09. The Hall–Kier alpha value is -3.46. The zero-order valence-electron chi connectivity index (χ0n) is 15.3. The number of nitro benzene ring substituents is 1. The minimum atomic E-state index is -0.456. The van der Waals surface area contributed by atoms with E-state index >= 15 is 0 Å². The van der Waals surface area contributed by atoms with Gasteiger partial charge in [0.25, 0.3) is 11.2 Å². The van der Waals surface area contributed by atoms with Crippen LogP contribution in [-0.4, -0.2) is 20.8 Å². The Morgan fingerprint density at radius 2 is 1.83 bits per heavy atom. The molecule has 1 aromatic heterocycles. The van der Waals surface area contributed by atoms with Gasteiger partial charge in [-0.2, -0.15) is 0 Å². The predicted molar refractivity (Wildman–Crippen MR) is 110 cm³/mol. The quantitative estimate of drug-likeness (QED) is 0.255. The number of H-pyrrole nitrogens is 1. The first kappa shape index (κ1) is 20.3. The van der Waals surface area contributed by atoms with E-state index in [-0.39, 0.29) is 23.6 Å². The van der Waals surface area contributed by atoms with Crippen LogP contribution in [0.3, 0.4) is 0 Å². The van der Waals surface area contributed by atoms with Gasteiger partial charge in [0.15, 0.2) is 5.16 Å². The fourth-order valence-electron chi connectivity index (χ4n) is 2.53. The van der Waals surface area contributed by atoms with Gasteiger partial charge in [0.05, 0.1) is 17.0 Å². The molecule has 0 unspecified atom stereocenters. The Morgan fingerprint density at radius 1 is 1.10 bits per heavy atom. The number of carbonyl (C=O) groups excluding carboxylic acids is 1. The molecule has 0 spiro atoms. The molecule has 0 saturated heterocycles. The normalized spacial score (nSPS) is 10.5. The molecule has 0 saturated carbocycles. The van der Waals surface area contributed by atoms with Gasteiger partial charge in [-0.25, -0.2) is 4.98 Å². The van der Waals surface area contributed by atoms with E-state index in [0.29, 0.717) is 23.1 Å². The highest BCUT2D eigenvalue weighted by Crippen LogP contribution is 2.20. The standard InChI is InChI=1S/C20H18N4O4S/c25-18(21-12-14-4-2-1-3-5-14)10-16-11-19(26)23-20(22-16)29-13-15-6-8-17(9-7-15)24(27)28/h1-9,11H,10,12-13H2,(H,21,25)(H,22,23,26). The molecule has 0 aliphatic heterocycles. The van der Waals surface area contributed by atoms with Crippen LogP contribution in [0.2, 0.25) is 0 Å². The molecule has 0 aliphatic carbocycles. The molecule has 3 aromatic rings. The fraction of sp³-hybridized carbons (Fsp3) is 0.150. The second-order valence-electron chi connectivity index (χ2n) is 6.19. The summed E-state index contributed by atoms with van der Waals surface area (Å²) in [5, 5.41) is 13.9. The van der Waals surface area contributed by atoms with Crippen molar-refractivity contribution in [2.45, 2.75) is 23.9 Å². The molecule has 0 aliphatic rings. The van der Waals surface area contributed by atoms with Crippen LogP contribution in [0.1, 0.15) is 16.8 Å². The Balaban J connectivity index is 1.58. The molecular weight excluding hydrogens is 392 g/mol. The maximum Gasteiger partial charge on any atom is 0.269 e. The molecule has 0 radical (unpaired) electrons. The zero-order chi connectivity index (χ0) is 20.6. The molecule has 29 heavy (non-hydrogen) atoms. The van der Waals surface area contributed by atoms with Gasteiger partial charge in [0.2, 0.25) is 5.91 Å². The first-order valence-corrected chi connectivity index (χ1v) is 9.75. The summed E-state index contributed by atoms with van der Waals surface area (Å²) in [6.45, 7) is 0.407. The average Bonchev–Trinajstić information content (AvgIpc) is 2.71. The molecule has 0 bridgehead atoms. The average molecular weight is 410 g/mol. The summed E-state index contributed by atoms with van der Waals surface area (Å²) in [6.07, 6.45) is 0.00183. The van der Waals surface area contributed by atoms with Crippen LogP contribution in [0.15, 0.2) is 70.6 Å². The van der Waals surface area contributed by atoms with Gasteiger partial charge in [-0.3, -0.25) is 19.7 Å². The molecule has 9 heteroatoms. The first-order valence-electron chi connectivity index (χ1n) is 8.76. The Bertz CT molecular complexity index is 1050. The van der Waals surface area contributed by atoms with Crippen LogP contribution in [0, 0.1) is 10.1 Å². The zero-order valence-corrected chi connectivity index (χ0v) is 16.1. The van der Waals surface area contributed by atoms with E-state index in [1.54, 1.807) is 12.1 Å². The molecule has 8 nitrogen and oxygen atoms in total. The van der Waals surface area contributed by atoms with E-state index in [4.69, 9.17) is 0 Å². The molecule has 148 valence electrons. The Morgan fingerprint density at radius 3 is 2.52 bits per heavy atom. The number of rotatable bonds is 8. The van der Waals surface area contributed by atoms with Crippen LogP contribution in [0.25, 0.3) is 0 Å². The van der Waals surface area contributed by atoms with E-state index in [1.165, 1.54) is 30.0 Å². The highest BCUT2D eigenvalue weighted by molar-refractivity contribution is 7.98. The minimum absolute atomic E-state index is 0.00183. The number of amides is 1. The largest absolute Gasteiger partial charge is 0.352 e. The summed E-state index contributed by atoms with van der Waals surface area (Å²) in [6, 6.07) is 17.0. The molecule has 1 amide bonds. The fourth-order valence-corrected chi connectivity index (χ4v) is 3.38. The van der Waals surface area contributed by atoms with Crippen LogP contribution in [-0.2, 0) is 23.5 Å². The number of nitrogens with one attached hydrogen (secondary N) is 2. The predicted octanol–water partition coefficient (Wildman–Crippen LogP) is 2.83. The number of hydrogen-bond donors (Lipinski definition) is 2. The van der Waals surface area contributed by atoms with Crippen molar-refractivity contribution in [2.75, 3.05) is 0 Å². The number of hydrogen-bond acceptors (Lipinski definition) is 6. The highest BCUT2D eigenvalue weighted by atomic mass is 32.2. The van der Waals surface area contributed by atoms with Gasteiger partial charge >= 0.3 is 0 Å². The monoisotopic (exact) mass is 410 g/mol. The van der Waals surface area contributed by atoms with Crippen LogP contribution in [0.5, 0.6) is 0 Å². The van der Waals surface area contributed by atoms with E-state index < -0.39 is 4.92 Å². The third-order valence-electron chi connectivity index (χ3n) is 3.97. The summed E-state index contributed by atoms with van der Waals surface area (Å²) in [4.78, 5) is 41.2. The maximum absolute atomic E-state index is 12.1. The summed E-state index contributed by atoms with van der Waals surface area (Å²) in [5.41, 5.74) is 1.91. The van der Waals surface area contributed by atoms with Crippen LogP contribution >= 0.6 is 11.8 Å². The molecule has 0 fully saturated rings. The van der Waals surface area contributed by atoms with Gasteiger partial charge in [-0.1, -0.05) is 54.2 Å². The van der Waals surface area contributed by atoms with Crippen molar-refractivity contribution >= 4 is 23.4 Å². The van der Waals surface area contributed by atoms with Gasteiger partial charge in [-0.05, 0) is 11.1 Å². The van der Waals surface area contributed by atoms with Gasteiger partial charge < -0.3 is 10.3 Å². The van der Waals surface area contributed by atoms with E-state index in [2.05, 4.69) is 15.3 Å². The van der Waals surface area contributed by atoms with Crippen molar-refractivity contribution in [2.24, 2.45) is 0 Å². The molecular formula is C20H18N4O4S. The SMILES string of the molecule is O=C(Cc1cc(=O)[nH]c(SCc2ccc([N+](=O)[O-])cc2)n1)NCc1ccccc1. The summed E-state index contributed by atoms with van der Waals surface area (Å²) >= 11 is 1.29. The first-order chi connectivity index (χ1) is 14.0. The molecule has 1 heterocycles. The van der Waals surface area contributed by atoms with Crippen molar-refractivity contribution in [3.05, 3.63) is 98.0 Å².